The molecule has 0 radical (unpaired) electrons. The Morgan fingerprint density at radius 1 is 1.33 bits per heavy atom. The first-order valence-corrected chi connectivity index (χ1v) is 3.99. The Bertz CT molecular complexity index is 166. The molecule has 1 amide bonds. The molecular weight excluding hydrogens is 158 g/mol. The van der Waals surface area contributed by atoms with Gasteiger partial charge in [0.05, 0.1) is 0 Å². The van der Waals surface area contributed by atoms with E-state index in [9.17, 15) is 14.7 Å². The largest absolute Gasteiger partial charge is 0.550 e. The fourth-order valence-electron chi connectivity index (χ4n) is 0.622. The number of carboxylic acids is 1. The summed E-state index contributed by atoms with van der Waals surface area (Å²) in [6.45, 7) is 4.53. The fraction of sp³-hybridized carbons (Fsp3) is 0.750. The lowest BCUT2D eigenvalue weighted by Crippen LogP contribution is -2.30. The lowest BCUT2D eigenvalue weighted by molar-refractivity contribution is -0.305. The number of rotatable bonds is 5. The van der Waals surface area contributed by atoms with Crippen LogP contribution in [0.4, 0.5) is 0 Å². The minimum atomic E-state index is -1.19. The third-order valence-corrected chi connectivity index (χ3v) is 1.26. The Labute approximate surface area is 72.0 Å². The number of aliphatic carboxylic acids is 1. The monoisotopic (exact) mass is 172 g/mol. The summed E-state index contributed by atoms with van der Waals surface area (Å²) in [6.07, 6.45) is -0.195. The molecule has 0 atom stereocenters. The maximum absolute atomic E-state index is 10.8. The number of carbonyl (C=O) groups is 2. The van der Waals surface area contributed by atoms with Crippen LogP contribution in [-0.2, 0) is 9.59 Å². The van der Waals surface area contributed by atoms with Crippen LogP contribution in [0.15, 0.2) is 0 Å². The zero-order chi connectivity index (χ0) is 9.56. The van der Waals surface area contributed by atoms with Crippen molar-refractivity contribution in [3.8, 4) is 0 Å². The molecule has 4 heteroatoms. The molecule has 1 N–H and O–H groups in total. The average Bonchev–Trinajstić information content (AvgIpc) is 1.96. The smallest absolute Gasteiger partial charge is 0.220 e. The number of hydrogen-bond acceptors (Lipinski definition) is 3. The topological polar surface area (TPSA) is 69.2 Å². The highest BCUT2D eigenvalue weighted by atomic mass is 16.4. The molecular formula is C8H14NO3-. The van der Waals surface area contributed by atoms with Gasteiger partial charge in [0.2, 0.25) is 5.91 Å². The fourth-order valence-corrected chi connectivity index (χ4v) is 0.622. The SMILES string of the molecule is CC(C)CNC(=O)CCC(=O)[O-]. The summed E-state index contributed by atoms with van der Waals surface area (Å²) >= 11 is 0. The number of hydrogen-bond donors (Lipinski definition) is 1. The van der Waals surface area contributed by atoms with Crippen molar-refractivity contribution in [1.82, 2.24) is 5.32 Å². The van der Waals surface area contributed by atoms with Crippen molar-refractivity contribution in [1.29, 1.82) is 0 Å². The molecule has 0 saturated heterocycles. The third-order valence-electron chi connectivity index (χ3n) is 1.26. The molecule has 0 saturated carbocycles. The van der Waals surface area contributed by atoms with Gasteiger partial charge in [0.1, 0.15) is 0 Å². The predicted octanol–water partition coefficient (Wildman–Crippen LogP) is -0.711. The van der Waals surface area contributed by atoms with E-state index in [-0.39, 0.29) is 18.7 Å². The van der Waals surface area contributed by atoms with Gasteiger partial charge < -0.3 is 15.2 Å². The molecule has 0 fully saturated rings. The van der Waals surface area contributed by atoms with E-state index < -0.39 is 5.97 Å². The van der Waals surface area contributed by atoms with Crippen LogP contribution < -0.4 is 10.4 Å². The highest BCUT2D eigenvalue weighted by molar-refractivity contribution is 5.79. The first-order valence-electron chi connectivity index (χ1n) is 3.99. The van der Waals surface area contributed by atoms with Gasteiger partial charge in [-0.2, -0.15) is 0 Å². The van der Waals surface area contributed by atoms with E-state index in [1.165, 1.54) is 0 Å². The van der Waals surface area contributed by atoms with Crippen LogP contribution in [0, 0.1) is 5.92 Å². The van der Waals surface area contributed by atoms with Crippen LogP contribution in [0.25, 0.3) is 0 Å². The van der Waals surface area contributed by atoms with Gasteiger partial charge in [-0.1, -0.05) is 13.8 Å². The summed E-state index contributed by atoms with van der Waals surface area (Å²) in [4.78, 5) is 20.8. The second-order valence-electron chi connectivity index (χ2n) is 3.07. The van der Waals surface area contributed by atoms with Crippen molar-refractivity contribution in [2.24, 2.45) is 5.92 Å². The molecule has 0 aromatic heterocycles. The summed E-state index contributed by atoms with van der Waals surface area (Å²) in [5, 5.41) is 12.6. The van der Waals surface area contributed by atoms with Gasteiger partial charge >= 0.3 is 0 Å². The summed E-state index contributed by atoms with van der Waals surface area (Å²) in [6, 6.07) is 0. The van der Waals surface area contributed by atoms with E-state index in [0.29, 0.717) is 12.5 Å². The Morgan fingerprint density at radius 2 is 1.92 bits per heavy atom. The van der Waals surface area contributed by atoms with E-state index in [2.05, 4.69) is 5.32 Å². The molecule has 0 heterocycles. The van der Waals surface area contributed by atoms with Crippen LogP contribution in [0.1, 0.15) is 26.7 Å². The van der Waals surface area contributed by atoms with Crippen molar-refractivity contribution < 1.29 is 14.7 Å². The number of nitrogens with one attached hydrogen (secondary N) is 1. The molecule has 0 rings (SSSR count). The minimum Gasteiger partial charge on any atom is -0.550 e. The summed E-state index contributed by atoms with van der Waals surface area (Å²) < 4.78 is 0. The van der Waals surface area contributed by atoms with E-state index in [1.54, 1.807) is 0 Å². The third kappa shape index (κ3) is 7.05. The van der Waals surface area contributed by atoms with E-state index in [1.807, 2.05) is 13.8 Å². The second-order valence-corrected chi connectivity index (χ2v) is 3.07. The quantitative estimate of drug-likeness (QED) is 0.595. The molecule has 4 nitrogen and oxygen atoms in total. The average molecular weight is 172 g/mol. The molecule has 0 aliphatic heterocycles. The van der Waals surface area contributed by atoms with Crippen LogP contribution >= 0.6 is 0 Å². The Balaban J connectivity index is 3.40. The Morgan fingerprint density at radius 3 is 2.33 bits per heavy atom. The van der Waals surface area contributed by atoms with Crippen molar-refractivity contribution in [3.63, 3.8) is 0 Å². The van der Waals surface area contributed by atoms with Crippen molar-refractivity contribution in [2.75, 3.05) is 6.54 Å². The van der Waals surface area contributed by atoms with Gasteiger partial charge in [-0.25, -0.2) is 0 Å². The van der Waals surface area contributed by atoms with E-state index in [0.717, 1.165) is 0 Å². The zero-order valence-corrected chi connectivity index (χ0v) is 7.42. The summed E-state index contributed by atoms with van der Waals surface area (Å²) in [5.41, 5.74) is 0. The minimum absolute atomic E-state index is 0.00898. The first-order chi connectivity index (χ1) is 5.52. The maximum Gasteiger partial charge on any atom is 0.220 e. The van der Waals surface area contributed by atoms with E-state index >= 15 is 0 Å². The Hall–Kier alpha value is -1.06. The van der Waals surface area contributed by atoms with Crippen molar-refractivity contribution >= 4 is 11.9 Å². The lowest BCUT2D eigenvalue weighted by Gasteiger charge is -2.07. The van der Waals surface area contributed by atoms with Gasteiger partial charge in [0.25, 0.3) is 0 Å². The zero-order valence-electron chi connectivity index (χ0n) is 7.42. The van der Waals surface area contributed by atoms with Gasteiger partial charge in [-0.05, 0) is 12.3 Å². The van der Waals surface area contributed by atoms with Crippen LogP contribution in [0.3, 0.4) is 0 Å². The number of carboxylic acid groups (broad SMARTS) is 1. The van der Waals surface area contributed by atoms with Gasteiger partial charge in [0.15, 0.2) is 0 Å². The number of carbonyl (C=O) groups excluding carboxylic acids is 2. The van der Waals surface area contributed by atoms with Crippen LogP contribution in [-0.4, -0.2) is 18.4 Å². The van der Waals surface area contributed by atoms with Crippen molar-refractivity contribution in [2.45, 2.75) is 26.7 Å². The molecule has 70 valence electrons. The first kappa shape index (κ1) is 10.9. The summed E-state index contributed by atoms with van der Waals surface area (Å²) in [7, 11) is 0. The molecule has 0 unspecified atom stereocenters. The van der Waals surface area contributed by atoms with E-state index in [4.69, 9.17) is 0 Å². The standard InChI is InChI=1S/C8H15NO3/c1-6(2)5-9-7(10)3-4-8(11)12/h6H,3-5H2,1-2H3,(H,9,10)(H,11,12)/p-1. The second kappa shape index (κ2) is 5.57. The van der Waals surface area contributed by atoms with Crippen LogP contribution in [0.5, 0.6) is 0 Å². The molecule has 0 aromatic rings. The normalized spacial score (nSPS) is 9.92. The van der Waals surface area contributed by atoms with Gasteiger partial charge in [0, 0.05) is 18.9 Å². The molecule has 0 aliphatic carbocycles. The molecule has 0 aromatic carbocycles. The lowest BCUT2D eigenvalue weighted by atomic mass is 10.2. The highest BCUT2D eigenvalue weighted by Gasteiger charge is 2.01. The Kier molecular flexibility index (Phi) is 5.08. The summed E-state index contributed by atoms with van der Waals surface area (Å²) in [5.74, 6) is -1.03. The predicted molar refractivity (Wildman–Crippen MR) is 42.1 cm³/mol. The number of amides is 1. The van der Waals surface area contributed by atoms with Crippen molar-refractivity contribution in [3.05, 3.63) is 0 Å². The molecule has 0 spiro atoms. The van der Waals surface area contributed by atoms with Gasteiger partial charge in [-0.3, -0.25) is 4.79 Å². The highest BCUT2D eigenvalue weighted by Crippen LogP contribution is 1.90. The maximum atomic E-state index is 10.8. The van der Waals surface area contributed by atoms with Gasteiger partial charge in [-0.15, -0.1) is 0 Å². The van der Waals surface area contributed by atoms with Crippen LogP contribution in [0.2, 0.25) is 0 Å². The molecule has 0 bridgehead atoms. The molecule has 12 heavy (non-hydrogen) atoms. The molecule has 0 aliphatic rings.